The summed E-state index contributed by atoms with van der Waals surface area (Å²) in [6.07, 6.45) is 5.98. The second-order valence-electron chi connectivity index (χ2n) is 8.74. The fourth-order valence-electron chi connectivity index (χ4n) is 4.65. The fourth-order valence-corrected chi connectivity index (χ4v) is 4.65. The summed E-state index contributed by atoms with van der Waals surface area (Å²) >= 11 is 0. The third kappa shape index (κ3) is 5.20. The van der Waals surface area contributed by atoms with E-state index in [4.69, 9.17) is 4.74 Å². The summed E-state index contributed by atoms with van der Waals surface area (Å²) in [6, 6.07) is 10.7. The van der Waals surface area contributed by atoms with Crippen LogP contribution >= 0.6 is 0 Å². The predicted octanol–water partition coefficient (Wildman–Crippen LogP) is 3.60. The summed E-state index contributed by atoms with van der Waals surface area (Å²) in [4.78, 5) is 24.1. The lowest BCUT2D eigenvalue weighted by Gasteiger charge is -2.22. The van der Waals surface area contributed by atoms with Crippen LogP contribution in [0.2, 0.25) is 0 Å². The fraction of sp³-hybridized carbons (Fsp3) is 0.385. The highest BCUT2D eigenvalue weighted by molar-refractivity contribution is 5.99. The van der Waals surface area contributed by atoms with Crippen molar-refractivity contribution < 1.29 is 19.4 Å². The predicted molar refractivity (Wildman–Crippen MR) is 128 cm³/mol. The highest BCUT2D eigenvalue weighted by atomic mass is 16.5. The molecular formula is C26H31N3O4. The van der Waals surface area contributed by atoms with Gasteiger partial charge < -0.3 is 25.0 Å². The van der Waals surface area contributed by atoms with Gasteiger partial charge in [-0.1, -0.05) is 6.07 Å². The minimum Gasteiger partial charge on any atom is -0.496 e. The SMILES string of the molecule is COc1cc(C(=O)O)ccc1Cc1cn(C)c2ccc(C(=O)NCCC3CCNCC3)cc12. The molecule has 1 amide bonds. The maximum absolute atomic E-state index is 12.8. The Labute approximate surface area is 193 Å². The molecule has 0 unspecified atom stereocenters. The van der Waals surface area contributed by atoms with Crippen LogP contribution in [-0.2, 0) is 13.5 Å². The summed E-state index contributed by atoms with van der Waals surface area (Å²) in [6.45, 7) is 2.82. The van der Waals surface area contributed by atoms with E-state index in [0.717, 1.165) is 41.5 Å². The summed E-state index contributed by atoms with van der Waals surface area (Å²) in [7, 11) is 3.52. The van der Waals surface area contributed by atoms with Crippen molar-refractivity contribution in [3.63, 3.8) is 0 Å². The van der Waals surface area contributed by atoms with Crippen LogP contribution < -0.4 is 15.4 Å². The number of aromatic nitrogens is 1. The Morgan fingerprint density at radius 1 is 1.12 bits per heavy atom. The van der Waals surface area contributed by atoms with Gasteiger partial charge in [0.2, 0.25) is 0 Å². The quantitative estimate of drug-likeness (QED) is 0.489. The Kier molecular flexibility index (Phi) is 6.99. The molecule has 3 N–H and O–H groups in total. The lowest BCUT2D eigenvalue weighted by molar-refractivity contribution is 0.0696. The van der Waals surface area contributed by atoms with Crippen LogP contribution in [0, 0.1) is 5.92 Å². The van der Waals surface area contributed by atoms with Gasteiger partial charge in [-0.2, -0.15) is 0 Å². The first-order chi connectivity index (χ1) is 16.0. The van der Waals surface area contributed by atoms with Crippen LogP contribution in [0.3, 0.4) is 0 Å². The number of hydrogen-bond acceptors (Lipinski definition) is 4. The number of nitrogens with zero attached hydrogens (tertiary/aromatic N) is 1. The van der Waals surface area contributed by atoms with Crippen molar-refractivity contribution in [2.75, 3.05) is 26.7 Å². The summed E-state index contributed by atoms with van der Waals surface area (Å²) in [5.74, 6) is 0.181. The van der Waals surface area contributed by atoms with Crippen LogP contribution in [-0.4, -0.2) is 48.3 Å². The standard InChI is InChI=1S/C26H31N3O4/c1-29-16-21(13-18-3-4-20(26(31)32)15-24(18)33-2)22-14-19(5-6-23(22)29)25(30)28-12-9-17-7-10-27-11-8-17/h3-6,14-17,27H,7-13H2,1-2H3,(H,28,30)(H,31,32). The van der Waals surface area contributed by atoms with Crippen LogP contribution in [0.1, 0.15) is 51.1 Å². The Morgan fingerprint density at radius 2 is 1.88 bits per heavy atom. The third-order valence-electron chi connectivity index (χ3n) is 6.55. The zero-order valence-corrected chi connectivity index (χ0v) is 19.2. The first-order valence-corrected chi connectivity index (χ1v) is 11.4. The van der Waals surface area contributed by atoms with Crippen LogP contribution in [0.25, 0.3) is 10.9 Å². The number of rotatable bonds is 8. The summed E-state index contributed by atoms with van der Waals surface area (Å²) in [5.41, 5.74) is 3.83. The van der Waals surface area contributed by atoms with Gasteiger partial charge in [-0.05, 0) is 79.7 Å². The number of methoxy groups -OCH3 is 1. The number of amides is 1. The second-order valence-corrected chi connectivity index (χ2v) is 8.74. The van der Waals surface area contributed by atoms with Gasteiger partial charge in [-0.15, -0.1) is 0 Å². The molecular weight excluding hydrogens is 418 g/mol. The van der Waals surface area contributed by atoms with Crippen LogP contribution in [0.5, 0.6) is 5.75 Å². The molecule has 4 rings (SSSR count). The Morgan fingerprint density at radius 3 is 2.61 bits per heavy atom. The number of aromatic carboxylic acids is 1. The van der Waals surface area contributed by atoms with E-state index in [-0.39, 0.29) is 11.5 Å². The normalized spacial score (nSPS) is 14.4. The number of hydrogen-bond donors (Lipinski definition) is 3. The van der Waals surface area contributed by atoms with Gasteiger partial charge in [0, 0.05) is 42.7 Å². The van der Waals surface area contributed by atoms with E-state index in [1.807, 2.05) is 36.0 Å². The van der Waals surface area contributed by atoms with Crippen molar-refractivity contribution in [2.45, 2.75) is 25.7 Å². The van der Waals surface area contributed by atoms with Crippen molar-refractivity contribution in [1.82, 2.24) is 15.2 Å². The largest absolute Gasteiger partial charge is 0.496 e. The molecule has 1 aromatic heterocycles. The molecule has 7 nitrogen and oxygen atoms in total. The number of carboxylic acid groups (broad SMARTS) is 1. The van der Waals surface area contributed by atoms with Gasteiger partial charge in [-0.3, -0.25) is 4.79 Å². The summed E-state index contributed by atoms with van der Waals surface area (Å²) < 4.78 is 7.49. The van der Waals surface area contributed by atoms with E-state index in [0.29, 0.717) is 30.2 Å². The number of carboxylic acids is 1. The third-order valence-corrected chi connectivity index (χ3v) is 6.55. The van der Waals surface area contributed by atoms with Gasteiger partial charge in [0.05, 0.1) is 12.7 Å². The van der Waals surface area contributed by atoms with Gasteiger partial charge in [0.15, 0.2) is 0 Å². The molecule has 0 aliphatic carbocycles. The highest BCUT2D eigenvalue weighted by Crippen LogP contribution is 2.29. The first-order valence-electron chi connectivity index (χ1n) is 11.4. The highest BCUT2D eigenvalue weighted by Gasteiger charge is 2.16. The van der Waals surface area contributed by atoms with Crippen molar-refractivity contribution in [3.8, 4) is 5.75 Å². The zero-order valence-electron chi connectivity index (χ0n) is 19.2. The van der Waals surface area contributed by atoms with Crippen molar-refractivity contribution >= 4 is 22.8 Å². The first kappa shape index (κ1) is 22.9. The maximum Gasteiger partial charge on any atom is 0.335 e. The molecule has 0 bridgehead atoms. The molecule has 2 heterocycles. The number of carbonyl (C=O) groups excluding carboxylic acids is 1. The molecule has 7 heteroatoms. The Hall–Kier alpha value is -3.32. The second kappa shape index (κ2) is 10.1. The average molecular weight is 450 g/mol. The number of aryl methyl sites for hydroxylation is 1. The number of benzene rings is 2. The van der Waals surface area contributed by atoms with Gasteiger partial charge in [-0.25, -0.2) is 4.79 Å². The molecule has 3 aromatic rings. The minimum atomic E-state index is -0.985. The summed E-state index contributed by atoms with van der Waals surface area (Å²) in [5, 5.41) is 16.7. The molecule has 1 fully saturated rings. The Balaban J connectivity index is 1.52. The molecule has 174 valence electrons. The molecule has 0 atom stereocenters. The van der Waals surface area contributed by atoms with E-state index < -0.39 is 5.97 Å². The van der Waals surface area contributed by atoms with Crippen molar-refractivity contribution in [2.24, 2.45) is 13.0 Å². The topological polar surface area (TPSA) is 92.6 Å². The van der Waals surface area contributed by atoms with Crippen molar-refractivity contribution in [1.29, 1.82) is 0 Å². The molecule has 0 spiro atoms. The van der Waals surface area contributed by atoms with E-state index in [9.17, 15) is 14.7 Å². The number of piperidine rings is 1. The number of carbonyl (C=O) groups is 2. The number of nitrogens with one attached hydrogen (secondary N) is 2. The molecule has 33 heavy (non-hydrogen) atoms. The Bertz CT molecular complexity index is 1160. The van der Waals surface area contributed by atoms with Crippen LogP contribution in [0.15, 0.2) is 42.6 Å². The molecule has 0 radical (unpaired) electrons. The van der Waals surface area contributed by atoms with E-state index in [2.05, 4.69) is 10.6 Å². The smallest absolute Gasteiger partial charge is 0.335 e. The van der Waals surface area contributed by atoms with Crippen molar-refractivity contribution in [3.05, 3.63) is 64.8 Å². The molecule has 1 aliphatic rings. The monoisotopic (exact) mass is 449 g/mol. The van der Waals surface area contributed by atoms with E-state index in [1.54, 1.807) is 25.3 Å². The lowest BCUT2D eigenvalue weighted by atomic mass is 9.95. The van der Waals surface area contributed by atoms with Gasteiger partial charge >= 0.3 is 5.97 Å². The molecule has 0 saturated carbocycles. The average Bonchev–Trinajstić information content (AvgIpc) is 3.14. The van der Waals surface area contributed by atoms with Crippen LogP contribution in [0.4, 0.5) is 0 Å². The number of ether oxygens (including phenoxy) is 1. The van der Waals surface area contributed by atoms with E-state index in [1.165, 1.54) is 12.8 Å². The minimum absolute atomic E-state index is 0.0518. The van der Waals surface area contributed by atoms with E-state index >= 15 is 0 Å². The van der Waals surface area contributed by atoms with Gasteiger partial charge in [0.25, 0.3) is 5.91 Å². The maximum atomic E-state index is 12.8. The molecule has 1 aliphatic heterocycles. The zero-order chi connectivity index (χ0) is 23.4. The van der Waals surface area contributed by atoms with Gasteiger partial charge in [0.1, 0.15) is 5.75 Å². The lowest BCUT2D eigenvalue weighted by Crippen LogP contribution is -2.31. The molecule has 2 aromatic carbocycles. The molecule has 1 saturated heterocycles. The number of fused-ring (bicyclic) bond motifs is 1.